The first-order chi connectivity index (χ1) is 13.7. The molecule has 150 valence electrons. The maximum absolute atomic E-state index is 11.9. The number of hydrogen-bond acceptors (Lipinski definition) is 6. The second kappa shape index (κ2) is 10.0. The van der Waals surface area contributed by atoms with Gasteiger partial charge in [0.05, 0.1) is 6.42 Å². The number of hydrogen-bond donors (Lipinski definition) is 2. The van der Waals surface area contributed by atoms with Gasteiger partial charge in [0.15, 0.2) is 0 Å². The molecule has 0 bridgehead atoms. The van der Waals surface area contributed by atoms with Crippen LogP contribution in [0.15, 0.2) is 36.5 Å². The molecule has 0 saturated carbocycles. The number of rotatable bonds is 8. The molecule has 0 spiro atoms. The van der Waals surface area contributed by atoms with Gasteiger partial charge in [-0.25, -0.2) is 4.98 Å². The fourth-order valence-electron chi connectivity index (χ4n) is 3.38. The number of piperazine rings is 1. The standard InChI is InChI=1S/C21H30N6O/c1-3-22-19(28)14-18-15-24-21(25-20(18)23-4-2)27-12-10-26(11-13-27)16-17-8-6-5-7-9-17/h5-9,15H,3-4,10-14,16H2,1-2H3,(H,22,28)(H,23,24,25). The first-order valence-electron chi connectivity index (χ1n) is 10.1. The van der Waals surface area contributed by atoms with Gasteiger partial charge in [-0.1, -0.05) is 30.3 Å². The molecule has 3 rings (SSSR count). The van der Waals surface area contributed by atoms with Gasteiger partial charge in [0.2, 0.25) is 11.9 Å². The highest BCUT2D eigenvalue weighted by molar-refractivity contribution is 5.80. The van der Waals surface area contributed by atoms with Crippen LogP contribution in [-0.4, -0.2) is 60.0 Å². The number of likely N-dealkylation sites (N-methyl/N-ethyl adjacent to an activating group) is 1. The van der Waals surface area contributed by atoms with E-state index in [-0.39, 0.29) is 5.91 Å². The molecule has 1 amide bonds. The van der Waals surface area contributed by atoms with Gasteiger partial charge in [-0.2, -0.15) is 4.98 Å². The van der Waals surface area contributed by atoms with Crippen molar-refractivity contribution in [2.45, 2.75) is 26.8 Å². The maximum atomic E-state index is 11.9. The van der Waals surface area contributed by atoms with Crippen molar-refractivity contribution in [2.75, 3.05) is 49.5 Å². The smallest absolute Gasteiger partial charge is 0.227 e. The highest BCUT2D eigenvalue weighted by atomic mass is 16.1. The summed E-state index contributed by atoms with van der Waals surface area (Å²) >= 11 is 0. The van der Waals surface area contributed by atoms with E-state index in [1.807, 2.05) is 13.8 Å². The van der Waals surface area contributed by atoms with Crippen molar-refractivity contribution in [2.24, 2.45) is 0 Å². The number of amides is 1. The van der Waals surface area contributed by atoms with E-state index in [4.69, 9.17) is 4.98 Å². The fraction of sp³-hybridized carbons (Fsp3) is 0.476. The van der Waals surface area contributed by atoms with E-state index < -0.39 is 0 Å². The van der Waals surface area contributed by atoms with Gasteiger partial charge in [0, 0.05) is 57.6 Å². The summed E-state index contributed by atoms with van der Waals surface area (Å²) in [6.07, 6.45) is 2.08. The molecule has 2 heterocycles. The van der Waals surface area contributed by atoms with Crippen molar-refractivity contribution in [3.05, 3.63) is 47.7 Å². The SMILES string of the molecule is CCNC(=O)Cc1cnc(N2CCN(Cc3ccccc3)CC2)nc1NCC. The predicted molar refractivity (Wildman–Crippen MR) is 113 cm³/mol. The Hall–Kier alpha value is -2.67. The van der Waals surface area contributed by atoms with E-state index in [1.54, 1.807) is 6.20 Å². The Kier molecular flexibility index (Phi) is 7.19. The largest absolute Gasteiger partial charge is 0.370 e. The number of anilines is 2. The Morgan fingerprint density at radius 1 is 1.07 bits per heavy atom. The van der Waals surface area contributed by atoms with Gasteiger partial charge >= 0.3 is 0 Å². The van der Waals surface area contributed by atoms with E-state index in [0.29, 0.717) is 13.0 Å². The Bertz CT molecular complexity index is 759. The Morgan fingerprint density at radius 3 is 2.50 bits per heavy atom. The zero-order valence-electron chi connectivity index (χ0n) is 16.8. The molecular weight excluding hydrogens is 352 g/mol. The summed E-state index contributed by atoms with van der Waals surface area (Å²) in [6, 6.07) is 10.6. The van der Waals surface area contributed by atoms with Crippen LogP contribution < -0.4 is 15.5 Å². The van der Waals surface area contributed by atoms with Crippen LogP contribution >= 0.6 is 0 Å². The van der Waals surface area contributed by atoms with Gasteiger partial charge in [-0.3, -0.25) is 9.69 Å². The Balaban J connectivity index is 1.62. The van der Waals surface area contributed by atoms with E-state index >= 15 is 0 Å². The van der Waals surface area contributed by atoms with Gasteiger partial charge in [-0.15, -0.1) is 0 Å². The molecule has 7 nitrogen and oxygen atoms in total. The highest BCUT2D eigenvalue weighted by Gasteiger charge is 2.20. The Morgan fingerprint density at radius 2 is 1.82 bits per heavy atom. The quantitative estimate of drug-likeness (QED) is 0.727. The van der Waals surface area contributed by atoms with Crippen LogP contribution in [0.5, 0.6) is 0 Å². The van der Waals surface area contributed by atoms with Gasteiger partial charge in [0.25, 0.3) is 0 Å². The summed E-state index contributed by atoms with van der Waals surface area (Å²) in [5.41, 5.74) is 2.18. The van der Waals surface area contributed by atoms with Crippen molar-refractivity contribution in [3.63, 3.8) is 0 Å². The van der Waals surface area contributed by atoms with Crippen molar-refractivity contribution in [1.29, 1.82) is 0 Å². The lowest BCUT2D eigenvalue weighted by Crippen LogP contribution is -2.46. The van der Waals surface area contributed by atoms with Crippen LogP contribution in [0.1, 0.15) is 25.0 Å². The van der Waals surface area contributed by atoms with Crippen LogP contribution in [-0.2, 0) is 17.8 Å². The molecule has 2 aromatic rings. The molecule has 2 N–H and O–H groups in total. The molecular formula is C21H30N6O. The lowest BCUT2D eigenvalue weighted by molar-refractivity contribution is -0.120. The minimum Gasteiger partial charge on any atom is -0.370 e. The van der Waals surface area contributed by atoms with Crippen LogP contribution in [0.25, 0.3) is 0 Å². The number of aromatic nitrogens is 2. The number of carbonyl (C=O) groups is 1. The number of nitrogens with zero attached hydrogens (tertiary/aromatic N) is 4. The second-order valence-electron chi connectivity index (χ2n) is 6.95. The highest BCUT2D eigenvalue weighted by Crippen LogP contribution is 2.19. The molecule has 0 aliphatic carbocycles. The molecule has 1 aromatic carbocycles. The van der Waals surface area contributed by atoms with Crippen LogP contribution in [0.4, 0.5) is 11.8 Å². The maximum Gasteiger partial charge on any atom is 0.227 e. The molecule has 28 heavy (non-hydrogen) atoms. The number of nitrogens with one attached hydrogen (secondary N) is 2. The summed E-state index contributed by atoms with van der Waals surface area (Å²) in [7, 11) is 0. The summed E-state index contributed by atoms with van der Waals surface area (Å²) in [6.45, 7) is 10.1. The van der Waals surface area contributed by atoms with Crippen molar-refractivity contribution < 1.29 is 4.79 Å². The molecule has 1 aliphatic heterocycles. The van der Waals surface area contributed by atoms with E-state index in [1.165, 1.54) is 5.56 Å². The zero-order chi connectivity index (χ0) is 19.8. The average molecular weight is 383 g/mol. The molecule has 1 fully saturated rings. The van der Waals surface area contributed by atoms with Gasteiger partial charge in [0.1, 0.15) is 5.82 Å². The monoisotopic (exact) mass is 382 g/mol. The molecule has 1 aliphatic rings. The summed E-state index contributed by atoms with van der Waals surface area (Å²) in [5.74, 6) is 1.48. The summed E-state index contributed by atoms with van der Waals surface area (Å²) in [4.78, 5) is 25.9. The normalized spacial score (nSPS) is 14.7. The molecule has 0 unspecified atom stereocenters. The third-order valence-electron chi connectivity index (χ3n) is 4.83. The predicted octanol–water partition coefficient (Wildman–Crippen LogP) is 1.91. The average Bonchev–Trinajstić information content (AvgIpc) is 2.71. The number of benzene rings is 1. The van der Waals surface area contributed by atoms with E-state index in [2.05, 4.69) is 55.7 Å². The topological polar surface area (TPSA) is 73.4 Å². The molecule has 0 radical (unpaired) electrons. The van der Waals surface area contributed by atoms with Crippen molar-refractivity contribution in [1.82, 2.24) is 20.2 Å². The Labute approximate surface area is 167 Å². The van der Waals surface area contributed by atoms with Crippen LogP contribution in [0.2, 0.25) is 0 Å². The van der Waals surface area contributed by atoms with Gasteiger partial charge in [-0.05, 0) is 19.4 Å². The number of carbonyl (C=O) groups excluding carboxylic acids is 1. The van der Waals surface area contributed by atoms with Gasteiger partial charge < -0.3 is 15.5 Å². The molecule has 1 saturated heterocycles. The molecule has 0 atom stereocenters. The minimum atomic E-state index is -0.00692. The minimum absolute atomic E-state index is 0.00692. The molecule has 7 heteroatoms. The third kappa shape index (κ3) is 5.42. The van der Waals surface area contributed by atoms with Crippen LogP contribution in [0, 0.1) is 0 Å². The van der Waals surface area contributed by atoms with Crippen LogP contribution in [0.3, 0.4) is 0 Å². The lowest BCUT2D eigenvalue weighted by atomic mass is 10.2. The van der Waals surface area contributed by atoms with E-state index in [0.717, 1.165) is 56.6 Å². The third-order valence-corrected chi connectivity index (χ3v) is 4.83. The zero-order valence-corrected chi connectivity index (χ0v) is 16.8. The van der Waals surface area contributed by atoms with Crippen molar-refractivity contribution >= 4 is 17.7 Å². The summed E-state index contributed by atoms with van der Waals surface area (Å²) in [5, 5.41) is 6.10. The summed E-state index contributed by atoms with van der Waals surface area (Å²) < 4.78 is 0. The lowest BCUT2D eigenvalue weighted by Gasteiger charge is -2.35. The fourth-order valence-corrected chi connectivity index (χ4v) is 3.38. The van der Waals surface area contributed by atoms with Crippen molar-refractivity contribution in [3.8, 4) is 0 Å². The molecule has 1 aromatic heterocycles. The van der Waals surface area contributed by atoms with E-state index in [9.17, 15) is 4.79 Å². The second-order valence-corrected chi connectivity index (χ2v) is 6.95. The first-order valence-corrected chi connectivity index (χ1v) is 10.1. The first kappa shape index (κ1) is 20.1.